The maximum Gasteiger partial charge on any atom is 0.335 e. The lowest BCUT2D eigenvalue weighted by Gasteiger charge is -2.47. The Morgan fingerprint density at radius 3 is 2.61 bits per heavy atom. The fourth-order valence-electron chi connectivity index (χ4n) is 6.47. The molecule has 3 saturated heterocycles. The van der Waals surface area contributed by atoms with Crippen LogP contribution in [0.25, 0.3) is 0 Å². The Labute approximate surface area is 241 Å². The molecule has 5 atom stereocenters. The summed E-state index contributed by atoms with van der Waals surface area (Å²) < 4.78 is 11.6. The van der Waals surface area contributed by atoms with E-state index in [9.17, 15) is 19.6 Å². The first-order valence-corrected chi connectivity index (χ1v) is 14.5. The van der Waals surface area contributed by atoms with E-state index < -0.39 is 35.3 Å². The molecule has 41 heavy (non-hydrogen) atoms. The Bertz CT molecular complexity index is 1250. The minimum absolute atomic E-state index is 0.0244. The number of ether oxygens (including phenoxy) is 2. The Hall–Kier alpha value is -3.20. The summed E-state index contributed by atoms with van der Waals surface area (Å²) in [6.45, 7) is 12.8. The molecule has 0 radical (unpaired) electrons. The summed E-state index contributed by atoms with van der Waals surface area (Å²) in [6.07, 6.45) is 0.724. The molecule has 4 heterocycles. The maximum absolute atomic E-state index is 13.2. The molecule has 0 aliphatic carbocycles. The van der Waals surface area contributed by atoms with Gasteiger partial charge < -0.3 is 25.0 Å². The van der Waals surface area contributed by atoms with Crippen molar-refractivity contribution in [3.8, 4) is 6.07 Å². The molecule has 4 aliphatic rings. The predicted octanol–water partition coefficient (Wildman–Crippen LogP) is 2.68. The number of hydrogen-bond acceptors (Lipinski definition) is 9. The minimum atomic E-state index is -0.707. The Balaban J connectivity index is 1.36. The highest BCUT2D eigenvalue weighted by atomic mass is 16.6. The van der Waals surface area contributed by atoms with Crippen molar-refractivity contribution in [2.24, 2.45) is 5.92 Å². The molecule has 222 valence electrons. The molecule has 3 fully saturated rings. The summed E-state index contributed by atoms with van der Waals surface area (Å²) in [6, 6.07) is 7.87. The maximum atomic E-state index is 13.2. The lowest BCUT2D eigenvalue weighted by molar-refractivity contribution is -0.180. The molecular weight excluding hydrogens is 524 g/mol. The van der Waals surface area contributed by atoms with E-state index in [0.29, 0.717) is 37.9 Å². The highest BCUT2D eigenvalue weighted by Gasteiger charge is 2.56. The normalized spacial score (nSPS) is 30.3. The van der Waals surface area contributed by atoms with E-state index in [1.54, 1.807) is 0 Å². The summed E-state index contributed by atoms with van der Waals surface area (Å²) >= 11 is 0. The van der Waals surface area contributed by atoms with Crippen LogP contribution in [-0.2, 0) is 25.6 Å². The molecule has 11 heteroatoms. The van der Waals surface area contributed by atoms with E-state index in [-0.39, 0.29) is 36.4 Å². The van der Waals surface area contributed by atoms with Crippen LogP contribution in [0.2, 0.25) is 0 Å². The lowest BCUT2D eigenvalue weighted by atomic mass is 9.83. The van der Waals surface area contributed by atoms with Gasteiger partial charge in [0.1, 0.15) is 11.8 Å². The number of amides is 2. The van der Waals surface area contributed by atoms with Crippen molar-refractivity contribution in [3.63, 3.8) is 0 Å². The molecule has 1 aromatic rings. The van der Waals surface area contributed by atoms with E-state index in [1.165, 1.54) is 0 Å². The smallest absolute Gasteiger partial charge is 0.335 e. The third-order valence-corrected chi connectivity index (χ3v) is 8.48. The van der Waals surface area contributed by atoms with Crippen molar-refractivity contribution in [3.05, 3.63) is 29.3 Å². The molecule has 11 nitrogen and oxygen atoms in total. The second-order valence-electron chi connectivity index (χ2n) is 13.7. The molecule has 3 N–H and O–H groups in total. The fourth-order valence-corrected chi connectivity index (χ4v) is 6.47. The third-order valence-electron chi connectivity index (χ3n) is 8.48. The number of carbonyl (C=O) groups excluding carboxylic acids is 3. The van der Waals surface area contributed by atoms with Crippen LogP contribution >= 0.6 is 0 Å². The molecule has 0 spiro atoms. The number of carbonyl (C=O) groups is 3. The van der Waals surface area contributed by atoms with Gasteiger partial charge in [0.15, 0.2) is 6.10 Å². The van der Waals surface area contributed by atoms with Crippen molar-refractivity contribution >= 4 is 23.5 Å². The zero-order valence-corrected chi connectivity index (χ0v) is 24.9. The minimum Gasteiger partial charge on any atom is -0.458 e. The van der Waals surface area contributed by atoms with Crippen molar-refractivity contribution < 1.29 is 23.9 Å². The number of piperidine rings is 1. The number of esters is 1. The van der Waals surface area contributed by atoms with E-state index in [1.807, 2.05) is 64.6 Å². The molecular formula is C30H42N6O5. The van der Waals surface area contributed by atoms with Gasteiger partial charge in [0, 0.05) is 35.9 Å². The van der Waals surface area contributed by atoms with Crippen molar-refractivity contribution in [2.75, 3.05) is 18.5 Å². The van der Waals surface area contributed by atoms with Gasteiger partial charge in [-0.25, -0.2) is 15.2 Å². The highest BCUT2D eigenvalue weighted by Crippen LogP contribution is 2.40. The van der Waals surface area contributed by atoms with Crippen molar-refractivity contribution in [2.45, 2.75) is 109 Å². The molecule has 3 unspecified atom stereocenters. The number of anilines is 1. The van der Waals surface area contributed by atoms with Gasteiger partial charge in [-0.05, 0) is 84.6 Å². The molecule has 2 amide bonds. The van der Waals surface area contributed by atoms with E-state index in [0.717, 1.165) is 11.3 Å². The standard InChI is InChI=1S/C30H42N6O5/c1-28(2,3)35-16-18-15-19(7-8-20(18)26(35)38)33-24-23-21(10-14-32-25(23)37)36(34-24)30(12-13-31)11-9-22(40-17-30)27(39)41-29(4,5)6/h7-8,15,21-24,33-34H,9-12,14,16-17H2,1-6H3,(H,32,37)/t21?,22-,23?,24?,30-/m0/s1. The van der Waals surface area contributed by atoms with Gasteiger partial charge in [0.2, 0.25) is 5.91 Å². The Kier molecular flexibility index (Phi) is 7.55. The van der Waals surface area contributed by atoms with Gasteiger partial charge in [-0.2, -0.15) is 5.26 Å². The van der Waals surface area contributed by atoms with Crippen LogP contribution in [0.5, 0.6) is 0 Å². The monoisotopic (exact) mass is 566 g/mol. The van der Waals surface area contributed by atoms with Gasteiger partial charge in [0.05, 0.1) is 30.6 Å². The molecule has 5 rings (SSSR count). The second-order valence-corrected chi connectivity index (χ2v) is 13.7. The molecule has 1 aromatic carbocycles. The predicted molar refractivity (Wildman–Crippen MR) is 151 cm³/mol. The SMILES string of the molecule is CC(C)(C)OC(=O)[C@@H]1CC[C@@](CC#N)(N2NC(Nc3ccc4c(c3)CN(C(C)(C)C)C4=O)C3C(=O)NCCC32)CO1. The third kappa shape index (κ3) is 5.65. The number of hydrazine groups is 1. The summed E-state index contributed by atoms with van der Waals surface area (Å²) in [7, 11) is 0. The zero-order valence-electron chi connectivity index (χ0n) is 24.9. The second kappa shape index (κ2) is 10.6. The highest BCUT2D eigenvalue weighted by molar-refractivity contribution is 5.99. The van der Waals surface area contributed by atoms with E-state index in [4.69, 9.17) is 9.47 Å². The Morgan fingerprint density at radius 1 is 1.22 bits per heavy atom. The summed E-state index contributed by atoms with van der Waals surface area (Å²) in [5.74, 6) is -0.841. The van der Waals surface area contributed by atoms with Crippen LogP contribution in [0.1, 0.15) is 83.1 Å². The van der Waals surface area contributed by atoms with E-state index in [2.05, 4.69) is 27.1 Å². The Morgan fingerprint density at radius 2 is 1.98 bits per heavy atom. The quantitative estimate of drug-likeness (QED) is 0.460. The van der Waals surface area contributed by atoms with Gasteiger partial charge in [0.25, 0.3) is 5.91 Å². The topological polar surface area (TPSA) is 136 Å². The number of benzene rings is 1. The van der Waals surface area contributed by atoms with Gasteiger partial charge in [-0.1, -0.05) is 0 Å². The average molecular weight is 567 g/mol. The van der Waals surface area contributed by atoms with Crippen LogP contribution in [0.15, 0.2) is 18.2 Å². The van der Waals surface area contributed by atoms with Crippen LogP contribution in [0.3, 0.4) is 0 Å². The first kappa shape index (κ1) is 29.3. The van der Waals surface area contributed by atoms with Gasteiger partial charge in [-0.3, -0.25) is 9.59 Å². The van der Waals surface area contributed by atoms with Gasteiger partial charge >= 0.3 is 5.97 Å². The van der Waals surface area contributed by atoms with Crippen LogP contribution < -0.4 is 16.1 Å². The van der Waals surface area contributed by atoms with Crippen molar-refractivity contribution in [1.29, 1.82) is 5.26 Å². The number of nitrogens with one attached hydrogen (secondary N) is 3. The van der Waals surface area contributed by atoms with Gasteiger partial charge in [-0.15, -0.1) is 0 Å². The molecule has 0 bridgehead atoms. The summed E-state index contributed by atoms with van der Waals surface area (Å²) in [5.41, 5.74) is 4.38. The number of nitriles is 1. The number of fused-ring (bicyclic) bond motifs is 2. The average Bonchev–Trinajstić information content (AvgIpc) is 3.42. The largest absolute Gasteiger partial charge is 0.458 e. The zero-order chi connectivity index (χ0) is 29.7. The number of rotatable bonds is 5. The molecule has 4 aliphatic heterocycles. The number of hydrogen-bond donors (Lipinski definition) is 3. The molecule has 0 aromatic heterocycles. The number of nitrogens with zero attached hydrogens (tertiary/aromatic N) is 3. The van der Waals surface area contributed by atoms with E-state index >= 15 is 0 Å². The van der Waals surface area contributed by atoms with Crippen LogP contribution in [-0.4, -0.2) is 75.8 Å². The van der Waals surface area contributed by atoms with Crippen molar-refractivity contribution in [1.82, 2.24) is 20.7 Å². The first-order chi connectivity index (χ1) is 19.2. The molecule has 0 saturated carbocycles. The summed E-state index contributed by atoms with van der Waals surface area (Å²) in [4.78, 5) is 40.7. The summed E-state index contributed by atoms with van der Waals surface area (Å²) in [5, 5.41) is 18.4. The first-order valence-electron chi connectivity index (χ1n) is 14.5. The van der Waals surface area contributed by atoms with Crippen LogP contribution in [0.4, 0.5) is 5.69 Å². The van der Waals surface area contributed by atoms with Crippen LogP contribution in [0, 0.1) is 17.2 Å². The fraction of sp³-hybridized carbons (Fsp3) is 0.667. The lowest BCUT2D eigenvalue weighted by Crippen LogP contribution is -2.63.